The first-order valence-corrected chi connectivity index (χ1v) is 6.15. The van der Waals surface area contributed by atoms with Crippen LogP contribution in [0.3, 0.4) is 0 Å². The van der Waals surface area contributed by atoms with Gasteiger partial charge in [-0.3, -0.25) is 9.69 Å². The molecular formula is C12H15ClF3N3O. The van der Waals surface area contributed by atoms with Crippen LogP contribution in [-0.2, 0) is 4.79 Å². The maximum atomic E-state index is 12.1. The van der Waals surface area contributed by atoms with Crippen LogP contribution in [0.4, 0.5) is 24.5 Å². The monoisotopic (exact) mass is 309 g/mol. The number of hydrogen-bond acceptors (Lipinski definition) is 3. The fourth-order valence-corrected chi connectivity index (χ4v) is 1.70. The molecule has 1 amide bonds. The van der Waals surface area contributed by atoms with Crippen molar-refractivity contribution >= 4 is 28.9 Å². The van der Waals surface area contributed by atoms with Gasteiger partial charge in [-0.05, 0) is 25.2 Å². The highest BCUT2D eigenvalue weighted by atomic mass is 35.5. The van der Waals surface area contributed by atoms with Gasteiger partial charge in [-0.15, -0.1) is 0 Å². The Balaban J connectivity index is 2.46. The molecule has 0 aliphatic heterocycles. The number of amides is 1. The molecule has 0 heterocycles. The molecule has 0 spiro atoms. The Morgan fingerprint density at radius 3 is 2.70 bits per heavy atom. The number of hydrogen-bond donors (Lipinski definition) is 2. The number of carbonyl (C=O) groups is 1. The first kappa shape index (κ1) is 16.6. The lowest BCUT2D eigenvalue weighted by molar-refractivity contribution is -0.144. The number of anilines is 2. The number of nitrogens with two attached hydrogens (primary N) is 1. The summed E-state index contributed by atoms with van der Waals surface area (Å²) in [7, 11) is 1.30. The van der Waals surface area contributed by atoms with E-state index in [1.807, 2.05) is 0 Å². The van der Waals surface area contributed by atoms with E-state index in [2.05, 4.69) is 5.32 Å². The second-order valence-corrected chi connectivity index (χ2v) is 4.82. The maximum absolute atomic E-state index is 12.1. The summed E-state index contributed by atoms with van der Waals surface area (Å²) in [5.41, 5.74) is 6.33. The minimum absolute atomic E-state index is 0.00812. The highest BCUT2D eigenvalue weighted by molar-refractivity contribution is 6.31. The Morgan fingerprint density at radius 1 is 1.45 bits per heavy atom. The first-order chi connectivity index (χ1) is 9.17. The summed E-state index contributed by atoms with van der Waals surface area (Å²) in [5.74, 6) is -0.423. The van der Waals surface area contributed by atoms with Crippen LogP contribution in [0, 0.1) is 0 Å². The fourth-order valence-electron chi connectivity index (χ4n) is 1.53. The van der Waals surface area contributed by atoms with Gasteiger partial charge in [0.1, 0.15) is 0 Å². The lowest BCUT2D eigenvalue weighted by Crippen LogP contribution is -2.33. The molecule has 1 aromatic rings. The van der Waals surface area contributed by atoms with Gasteiger partial charge >= 0.3 is 6.18 Å². The Bertz CT molecular complexity index is 480. The minimum Gasteiger partial charge on any atom is -0.397 e. The Hall–Kier alpha value is -1.47. The molecule has 0 radical (unpaired) electrons. The predicted molar refractivity (Wildman–Crippen MR) is 72.7 cm³/mol. The molecule has 0 fully saturated rings. The SMILES string of the molecule is CN(CCC(=O)Nc1cc(Cl)ccc1N)CC(F)(F)F. The molecule has 112 valence electrons. The number of carbonyl (C=O) groups excluding carboxylic acids is 1. The molecule has 0 unspecified atom stereocenters. The molecular weight excluding hydrogens is 295 g/mol. The molecule has 0 bridgehead atoms. The van der Waals surface area contributed by atoms with Crippen LogP contribution in [0.1, 0.15) is 6.42 Å². The van der Waals surface area contributed by atoms with Crippen LogP contribution in [0.15, 0.2) is 18.2 Å². The van der Waals surface area contributed by atoms with E-state index in [9.17, 15) is 18.0 Å². The van der Waals surface area contributed by atoms with Gasteiger partial charge in [0.15, 0.2) is 0 Å². The van der Waals surface area contributed by atoms with E-state index in [0.29, 0.717) is 16.4 Å². The van der Waals surface area contributed by atoms with E-state index in [0.717, 1.165) is 4.90 Å². The fraction of sp³-hybridized carbons (Fsp3) is 0.417. The molecule has 0 aliphatic carbocycles. The number of nitrogen functional groups attached to an aromatic ring is 1. The van der Waals surface area contributed by atoms with Crippen molar-refractivity contribution in [3.05, 3.63) is 23.2 Å². The van der Waals surface area contributed by atoms with Crippen LogP contribution in [0.2, 0.25) is 5.02 Å². The summed E-state index contributed by atoms with van der Waals surface area (Å²) in [6.07, 6.45) is -4.35. The lowest BCUT2D eigenvalue weighted by Gasteiger charge is -2.18. The van der Waals surface area contributed by atoms with Crippen LogP contribution >= 0.6 is 11.6 Å². The molecule has 4 nitrogen and oxygen atoms in total. The average molecular weight is 310 g/mol. The minimum atomic E-state index is -4.28. The van der Waals surface area contributed by atoms with Crippen molar-refractivity contribution in [2.75, 3.05) is 31.2 Å². The van der Waals surface area contributed by atoms with Crippen molar-refractivity contribution in [1.82, 2.24) is 4.90 Å². The number of rotatable bonds is 5. The van der Waals surface area contributed by atoms with Gasteiger partial charge in [0.2, 0.25) is 5.91 Å². The van der Waals surface area contributed by atoms with Crippen molar-refractivity contribution in [2.45, 2.75) is 12.6 Å². The Kier molecular flexibility index (Phi) is 5.64. The zero-order chi connectivity index (χ0) is 15.3. The van der Waals surface area contributed by atoms with E-state index < -0.39 is 18.6 Å². The molecule has 8 heteroatoms. The van der Waals surface area contributed by atoms with E-state index in [-0.39, 0.29) is 13.0 Å². The first-order valence-electron chi connectivity index (χ1n) is 5.77. The third-order valence-electron chi connectivity index (χ3n) is 2.46. The molecule has 0 saturated heterocycles. The summed E-state index contributed by atoms with van der Waals surface area (Å²) in [4.78, 5) is 12.7. The summed E-state index contributed by atoms with van der Waals surface area (Å²) in [6.45, 7) is -1.06. The second-order valence-electron chi connectivity index (χ2n) is 4.38. The van der Waals surface area contributed by atoms with Gasteiger partial charge in [-0.25, -0.2) is 0 Å². The summed E-state index contributed by atoms with van der Waals surface area (Å²) in [6, 6.07) is 4.59. The van der Waals surface area contributed by atoms with E-state index in [1.54, 1.807) is 6.07 Å². The van der Waals surface area contributed by atoms with Crippen molar-refractivity contribution in [2.24, 2.45) is 0 Å². The van der Waals surface area contributed by atoms with Crippen LogP contribution < -0.4 is 11.1 Å². The van der Waals surface area contributed by atoms with Crippen molar-refractivity contribution in [3.8, 4) is 0 Å². The van der Waals surface area contributed by atoms with Gasteiger partial charge in [0, 0.05) is 18.0 Å². The molecule has 1 rings (SSSR count). The van der Waals surface area contributed by atoms with Crippen molar-refractivity contribution in [3.63, 3.8) is 0 Å². The summed E-state index contributed by atoms with van der Waals surface area (Å²) in [5, 5.41) is 2.92. The summed E-state index contributed by atoms with van der Waals surface area (Å²) < 4.78 is 36.3. The molecule has 0 aromatic heterocycles. The average Bonchev–Trinajstić information content (AvgIpc) is 2.29. The molecule has 20 heavy (non-hydrogen) atoms. The zero-order valence-electron chi connectivity index (χ0n) is 10.8. The Morgan fingerprint density at radius 2 is 2.10 bits per heavy atom. The lowest BCUT2D eigenvalue weighted by atomic mass is 10.2. The number of nitrogens with one attached hydrogen (secondary N) is 1. The third-order valence-corrected chi connectivity index (χ3v) is 2.69. The van der Waals surface area contributed by atoms with Crippen molar-refractivity contribution < 1.29 is 18.0 Å². The smallest absolute Gasteiger partial charge is 0.397 e. The molecule has 0 saturated carbocycles. The highest BCUT2D eigenvalue weighted by Crippen LogP contribution is 2.23. The number of halogens is 4. The van der Waals surface area contributed by atoms with Crippen molar-refractivity contribution in [1.29, 1.82) is 0 Å². The maximum Gasteiger partial charge on any atom is 0.401 e. The van der Waals surface area contributed by atoms with E-state index in [4.69, 9.17) is 17.3 Å². The second kappa shape index (κ2) is 6.81. The largest absolute Gasteiger partial charge is 0.401 e. The van der Waals surface area contributed by atoms with Crippen LogP contribution in [-0.4, -0.2) is 37.1 Å². The van der Waals surface area contributed by atoms with Crippen LogP contribution in [0.5, 0.6) is 0 Å². The zero-order valence-corrected chi connectivity index (χ0v) is 11.6. The van der Waals surface area contributed by atoms with Gasteiger partial charge in [-0.2, -0.15) is 13.2 Å². The molecule has 0 aliphatic rings. The predicted octanol–water partition coefficient (Wildman–Crippen LogP) is 2.74. The quantitative estimate of drug-likeness (QED) is 0.822. The number of nitrogens with zero attached hydrogens (tertiary/aromatic N) is 1. The number of benzene rings is 1. The number of alkyl halides is 3. The molecule has 1 aromatic carbocycles. The standard InChI is InChI=1S/C12H15ClF3N3O/c1-19(7-12(14,15)16)5-4-11(20)18-10-6-8(13)2-3-9(10)17/h2-3,6H,4-5,7,17H2,1H3,(H,18,20). The van der Waals surface area contributed by atoms with Gasteiger partial charge in [0.25, 0.3) is 0 Å². The van der Waals surface area contributed by atoms with Gasteiger partial charge in [-0.1, -0.05) is 11.6 Å². The van der Waals surface area contributed by atoms with Gasteiger partial charge in [0.05, 0.1) is 17.9 Å². The van der Waals surface area contributed by atoms with Crippen LogP contribution in [0.25, 0.3) is 0 Å². The highest BCUT2D eigenvalue weighted by Gasteiger charge is 2.29. The molecule has 0 atom stereocenters. The Labute approximate surface area is 119 Å². The topological polar surface area (TPSA) is 58.4 Å². The normalized spacial score (nSPS) is 11.7. The summed E-state index contributed by atoms with van der Waals surface area (Å²) >= 11 is 5.76. The third kappa shape index (κ3) is 6.12. The van der Waals surface area contributed by atoms with Gasteiger partial charge < -0.3 is 11.1 Å². The molecule has 3 N–H and O–H groups in total. The van der Waals surface area contributed by atoms with E-state index in [1.165, 1.54) is 19.2 Å². The van der Waals surface area contributed by atoms with E-state index >= 15 is 0 Å².